The van der Waals surface area contributed by atoms with Gasteiger partial charge < -0.3 is 14.9 Å². The molecular formula is C20H26N2O4. The number of amides is 2. The van der Waals surface area contributed by atoms with Crippen LogP contribution in [0.25, 0.3) is 0 Å². The number of likely N-dealkylation sites (tertiary alicyclic amines) is 1. The Balaban J connectivity index is 1.69. The molecule has 0 aromatic heterocycles. The van der Waals surface area contributed by atoms with Crippen LogP contribution in [0.5, 0.6) is 0 Å². The van der Waals surface area contributed by atoms with Crippen LogP contribution < -0.4 is 4.90 Å². The van der Waals surface area contributed by atoms with Crippen LogP contribution in [-0.2, 0) is 14.4 Å². The fourth-order valence-corrected chi connectivity index (χ4v) is 3.89. The molecule has 0 radical (unpaired) electrons. The second-order valence-corrected chi connectivity index (χ2v) is 7.74. The number of carbonyl (C=O) groups is 3. The minimum atomic E-state index is -0.877. The van der Waals surface area contributed by atoms with Crippen LogP contribution >= 0.6 is 0 Å². The van der Waals surface area contributed by atoms with Crippen molar-refractivity contribution in [3.8, 4) is 0 Å². The maximum absolute atomic E-state index is 12.8. The zero-order chi connectivity index (χ0) is 19.0. The van der Waals surface area contributed by atoms with Crippen LogP contribution in [0.1, 0.15) is 38.7 Å². The smallest absolute Gasteiger partial charge is 0.308 e. The van der Waals surface area contributed by atoms with Gasteiger partial charge in [0.1, 0.15) is 5.92 Å². The maximum Gasteiger partial charge on any atom is 0.308 e. The lowest BCUT2D eigenvalue weighted by molar-refractivity contribution is -0.142. The summed E-state index contributed by atoms with van der Waals surface area (Å²) in [6, 6.07) is 7.89. The minimum Gasteiger partial charge on any atom is -0.481 e. The lowest BCUT2D eigenvalue weighted by atomic mass is 9.99. The van der Waals surface area contributed by atoms with E-state index in [1.807, 2.05) is 31.2 Å². The van der Waals surface area contributed by atoms with Crippen molar-refractivity contribution in [2.24, 2.45) is 17.8 Å². The Morgan fingerprint density at radius 3 is 2.35 bits per heavy atom. The number of nitrogens with zero attached hydrogens (tertiary/aromatic N) is 2. The number of rotatable bonds is 4. The Kier molecular flexibility index (Phi) is 5.03. The van der Waals surface area contributed by atoms with Gasteiger partial charge in [0.25, 0.3) is 0 Å². The summed E-state index contributed by atoms with van der Waals surface area (Å²) >= 11 is 0. The van der Waals surface area contributed by atoms with Crippen LogP contribution in [0.3, 0.4) is 0 Å². The van der Waals surface area contributed by atoms with Crippen LogP contribution in [0.4, 0.5) is 5.69 Å². The third-order valence-electron chi connectivity index (χ3n) is 5.62. The van der Waals surface area contributed by atoms with Gasteiger partial charge in [-0.1, -0.05) is 32.9 Å². The summed E-state index contributed by atoms with van der Waals surface area (Å²) in [5.74, 6) is -2.20. The maximum atomic E-state index is 12.8. The summed E-state index contributed by atoms with van der Waals surface area (Å²) in [5.41, 5.74) is 2.02. The number of hydrogen-bond acceptors (Lipinski definition) is 3. The van der Waals surface area contributed by atoms with Crippen molar-refractivity contribution in [1.82, 2.24) is 4.90 Å². The van der Waals surface area contributed by atoms with Gasteiger partial charge in [0.05, 0.1) is 5.92 Å². The van der Waals surface area contributed by atoms with Crippen molar-refractivity contribution >= 4 is 23.5 Å². The predicted molar refractivity (Wildman–Crippen MR) is 97.9 cm³/mol. The largest absolute Gasteiger partial charge is 0.481 e. The first-order chi connectivity index (χ1) is 12.3. The van der Waals surface area contributed by atoms with Gasteiger partial charge in [-0.15, -0.1) is 0 Å². The van der Waals surface area contributed by atoms with E-state index >= 15 is 0 Å². The first-order valence-corrected chi connectivity index (χ1v) is 9.22. The number of aliphatic carboxylic acids is 1. The molecule has 1 unspecified atom stereocenters. The van der Waals surface area contributed by atoms with E-state index in [1.54, 1.807) is 9.80 Å². The molecule has 1 aromatic carbocycles. The second-order valence-electron chi connectivity index (χ2n) is 7.74. The highest BCUT2D eigenvalue weighted by Gasteiger charge is 2.44. The summed E-state index contributed by atoms with van der Waals surface area (Å²) in [6.45, 7) is 7.19. The molecule has 1 N–H and O–H groups in total. The third-order valence-corrected chi connectivity index (χ3v) is 5.62. The van der Waals surface area contributed by atoms with Gasteiger partial charge in [0.2, 0.25) is 11.8 Å². The molecule has 2 saturated heterocycles. The Labute approximate surface area is 153 Å². The molecule has 0 bridgehead atoms. The fourth-order valence-electron chi connectivity index (χ4n) is 3.89. The molecule has 2 fully saturated rings. The predicted octanol–water partition coefficient (Wildman–Crippen LogP) is 2.34. The molecule has 2 aliphatic heterocycles. The summed E-state index contributed by atoms with van der Waals surface area (Å²) in [6.07, 6.45) is 0.478. The summed E-state index contributed by atoms with van der Waals surface area (Å²) in [7, 11) is 0. The zero-order valence-electron chi connectivity index (χ0n) is 15.5. The van der Waals surface area contributed by atoms with Gasteiger partial charge in [-0.3, -0.25) is 14.4 Å². The SMILES string of the molecule is CC(C)c1ccc(N2CCC(C(=O)N3C[C@@H](C)[C@H](C(=O)O)C3)C2=O)cc1. The van der Waals surface area contributed by atoms with Gasteiger partial charge in [-0.25, -0.2) is 0 Å². The standard InChI is InChI=1S/C20H26N2O4/c1-12(2)14-4-6-15(7-5-14)22-9-8-16(19(22)24)18(23)21-10-13(3)17(11-21)20(25)26/h4-7,12-13,16-17H,8-11H2,1-3H3,(H,25,26)/t13-,16?,17-/m1/s1. The number of benzene rings is 1. The molecule has 6 nitrogen and oxygen atoms in total. The van der Waals surface area contributed by atoms with E-state index in [9.17, 15) is 19.5 Å². The molecule has 0 spiro atoms. The van der Waals surface area contributed by atoms with Gasteiger partial charge in [-0.2, -0.15) is 0 Å². The van der Waals surface area contributed by atoms with E-state index in [2.05, 4.69) is 13.8 Å². The number of anilines is 1. The van der Waals surface area contributed by atoms with Crippen molar-refractivity contribution in [2.75, 3.05) is 24.5 Å². The van der Waals surface area contributed by atoms with Gasteiger partial charge in [-0.05, 0) is 36.0 Å². The van der Waals surface area contributed by atoms with Gasteiger partial charge >= 0.3 is 5.97 Å². The van der Waals surface area contributed by atoms with E-state index in [0.29, 0.717) is 25.4 Å². The molecule has 140 valence electrons. The molecule has 6 heteroatoms. The number of carboxylic acids is 1. The highest BCUT2D eigenvalue weighted by Crippen LogP contribution is 2.30. The molecule has 2 aliphatic rings. The third kappa shape index (κ3) is 3.32. The molecule has 0 aliphatic carbocycles. The topological polar surface area (TPSA) is 77.9 Å². The van der Waals surface area contributed by atoms with Crippen molar-refractivity contribution in [3.05, 3.63) is 29.8 Å². The van der Waals surface area contributed by atoms with Crippen LogP contribution in [0.2, 0.25) is 0 Å². The van der Waals surface area contributed by atoms with E-state index < -0.39 is 17.8 Å². The quantitative estimate of drug-likeness (QED) is 0.838. The Hall–Kier alpha value is -2.37. The van der Waals surface area contributed by atoms with Crippen LogP contribution in [0.15, 0.2) is 24.3 Å². The van der Waals surface area contributed by atoms with E-state index in [-0.39, 0.29) is 24.3 Å². The highest BCUT2D eigenvalue weighted by molar-refractivity contribution is 6.09. The van der Waals surface area contributed by atoms with Gasteiger partial charge in [0, 0.05) is 25.3 Å². The lowest BCUT2D eigenvalue weighted by Crippen LogP contribution is -2.39. The number of carboxylic acid groups (broad SMARTS) is 1. The van der Waals surface area contributed by atoms with Crippen LogP contribution in [-0.4, -0.2) is 47.4 Å². The molecule has 3 atom stereocenters. The van der Waals surface area contributed by atoms with Gasteiger partial charge in [0.15, 0.2) is 0 Å². The fraction of sp³-hybridized carbons (Fsp3) is 0.550. The van der Waals surface area contributed by atoms with Crippen molar-refractivity contribution < 1.29 is 19.5 Å². The molecule has 3 rings (SSSR count). The first kappa shape index (κ1) is 18.4. The average molecular weight is 358 g/mol. The number of hydrogen-bond donors (Lipinski definition) is 1. The average Bonchev–Trinajstić information content (AvgIpc) is 3.17. The van der Waals surface area contributed by atoms with Crippen molar-refractivity contribution in [2.45, 2.75) is 33.1 Å². The van der Waals surface area contributed by atoms with E-state index in [0.717, 1.165) is 5.69 Å². The van der Waals surface area contributed by atoms with E-state index in [4.69, 9.17) is 0 Å². The zero-order valence-corrected chi connectivity index (χ0v) is 15.5. The summed E-state index contributed by atoms with van der Waals surface area (Å²) in [5, 5.41) is 9.24. The minimum absolute atomic E-state index is 0.0902. The van der Waals surface area contributed by atoms with Crippen molar-refractivity contribution in [3.63, 3.8) is 0 Å². The number of carbonyl (C=O) groups excluding carboxylic acids is 2. The molecule has 2 amide bonds. The van der Waals surface area contributed by atoms with Crippen molar-refractivity contribution in [1.29, 1.82) is 0 Å². The lowest BCUT2D eigenvalue weighted by Gasteiger charge is -2.21. The normalized spacial score (nSPS) is 26.0. The van der Waals surface area contributed by atoms with Crippen LogP contribution in [0, 0.1) is 17.8 Å². The molecule has 0 saturated carbocycles. The second kappa shape index (κ2) is 7.09. The molecular weight excluding hydrogens is 332 g/mol. The van der Waals surface area contributed by atoms with E-state index in [1.165, 1.54) is 5.56 Å². The monoisotopic (exact) mass is 358 g/mol. The Morgan fingerprint density at radius 2 is 1.81 bits per heavy atom. The highest BCUT2D eigenvalue weighted by atomic mass is 16.4. The molecule has 1 aromatic rings. The summed E-state index contributed by atoms with van der Waals surface area (Å²) in [4.78, 5) is 40.0. The molecule has 2 heterocycles. The Bertz CT molecular complexity index is 713. The first-order valence-electron chi connectivity index (χ1n) is 9.22. The molecule has 26 heavy (non-hydrogen) atoms. The Morgan fingerprint density at radius 1 is 1.15 bits per heavy atom. The summed E-state index contributed by atoms with van der Waals surface area (Å²) < 4.78 is 0.